The Hall–Kier alpha value is -0.540. The molecule has 1 unspecified atom stereocenters. The van der Waals surface area contributed by atoms with Gasteiger partial charge in [0.2, 0.25) is 0 Å². The van der Waals surface area contributed by atoms with Gasteiger partial charge in [0.15, 0.2) is 0 Å². The van der Waals surface area contributed by atoms with E-state index < -0.39 is 0 Å². The van der Waals surface area contributed by atoms with Crippen LogP contribution in [0.4, 0.5) is 0 Å². The van der Waals surface area contributed by atoms with E-state index in [2.05, 4.69) is 34.2 Å². The maximum atomic E-state index is 4.02. The molecule has 1 aliphatic heterocycles. The molecule has 1 saturated heterocycles. The number of hydrogen-bond acceptors (Lipinski definition) is 3. The fourth-order valence-corrected chi connectivity index (χ4v) is 3.29. The average Bonchev–Trinajstić information content (AvgIpc) is 2.37. The SMILES string of the molecule is c1cc(CCNCC2CCCCS2)ccn1. The lowest BCUT2D eigenvalue weighted by Crippen LogP contribution is -2.28. The molecule has 1 atom stereocenters. The predicted octanol–water partition coefficient (Wildman–Crippen LogP) is 2.50. The van der Waals surface area contributed by atoms with Gasteiger partial charge in [-0.2, -0.15) is 11.8 Å². The van der Waals surface area contributed by atoms with Crippen LogP contribution in [0, 0.1) is 0 Å². The minimum Gasteiger partial charge on any atom is -0.315 e. The van der Waals surface area contributed by atoms with Gasteiger partial charge >= 0.3 is 0 Å². The second-order valence-electron chi connectivity index (χ2n) is 4.30. The van der Waals surface area contributed by atoms with E-state index in [0.29, 0.717) is 0 Å². The lowest BCUT2D eigenvalue weighted by Gasteiger charge is -2.21. The van der Waals surface area contributed by atoms with Crippen molar-refractivity contribution in [1.82, 2.24) is 10.3 Å². The molecule has 1 aromatic rings. The molecular formula is C13H20N2S. The van der Waals surface area contributed by atoms with Crippen molar-refractivity contribution < 1.29 is 0 Å². The van der Waals surface area contributed by atoms with Gasteiger partial charge < -0.3 is 5.32 Å². The number of hydrogen-bond donors (Lipinski definition) is 1. The highest BCUT2D eigenvalue weighted by Gasteiger charge is 2.12. The van der Waals surface area contributed by atoms with E-state index in [0.717, 1.165) is 18.2 Å². The molecule has 0 aromatic carbocycles. The van der Waals surface area contributed by atoms with Crippen molar-refractivity contribution >= 4 is 11.8 Å². The first-order valence-electron chi connectivity index (χ1n) is 6.16. The summed E-state index contributed by atoms with van der Waals surface area (Å²) >= 11 is 2.14. The third-order valence-electron chi connectivity index (χ3n) is 2.99. The Kier molecular flexibility index (Phi) is 5.16. The molecule has 1 N–H and O–H groups in total. The van der Waals surface area contributed by atoms with Crippen LogP contribution in [0.5, 0.6) is 0 Å². The van der Waals surface area contributed by atoms with Crippen LogP contribution >= 0.6 is 11.8 Å². The van der Waals surface area contributed by atoms with E-state index in [1.54, 1.807) is 0 Å². The van der Waals surface area contributed by atoms with Crippen molar-refractivity contribution in [2.45, 2.75) is 30.9 Å². The van der Waals surface area contributed by atoms with Gasteiger partial charge in [-0.1, -0.05) is 6.42 Å². The van der Waals surface area contributed by atoms with Crippen LogP contribution in [0.15, 0.2) is 24.5 Å². The summed E-state index contributed by atoms with van der Waals surface area (Å²) in [5.74, 6) is 1.36. The molecule has 2 heterocycles. The van der Waals surface area contributed by atoms with Crippen LogP contribution in [0.2, 0.25) is 0 Å². The Labute approximate surface area is 102 Å². The van der Waals surface area contributed by atoms with Gasteiger partial charge in [-0.3, -0.25) is 4.98 Å². The summed E-state index contributed by atoms with van der Waals surface area (Å²) in [4.78, 5) is 4.02. The van der Waals surface area contributed by atoms with Gasteiger partial charge in [0.05, 0.1) is 0 Å². The van der Waals surface area contributed by atoms with Crippen LogP contribution in [0.25, 0.3) is 0 Å². The van der Waals surface area contributed by atoms with Crippen LogP contribution < -0.4 is 5.32 Å². The van der Waals surface area contributed by atoms with Crippen molar-refractivity contribution in [3.05, 3.63) is 30.1 Å². The summed E-state index contributed by atoms with van der Waals surface area (Å²) in [5, 5.41) is 4.42. The molecule has 0 bridgehead atoms. The van der Waals surface area contributed by atoms with Gasteiger partial charge in [0.1, 0.15) is 0 Å². The minimum absolute atomic E-state index is 0.853. The van der Waals surface area contributed by atoms with Gasteiger partial charge in [0, 0.05) is 24.2 Å². The van der Waals surface area contributed by atoms with Crippen LogP contribution in [-0.4, -0.2) is 29.1 Å². The van der Waals surface area contributed by atoms with E-state index in [9.17, 15) is 0 Å². The molecule has 1 aromatic heterocycles. The summed E-state index contributed by atoms with van der Waals surface area (Å²) in [6.07, 6.45) is 9.08. The first-order chi connectivity index (χ1) is 7.95. The molecule has 0 spiro atoms. The van der Waals surface area contributed by atoms with Crippen molar-refractivity contribution in [2.75, 3.05) is 18.8 Å². The molecule has 1 fully saturated rings. The highest BCUT2D eigenvalue weighted by molar-refractivity contribution is 7.99. The highest BCUT2D eigenvalue weighted by Crippen LogP contribution is 2.24. The van der Waals surface area contributed by atoms with Crippen molar-refractivity contribution in [1.29, 1.82) is 0 Å². The second-order valence-corrected chi connectivity index (χ2v) is 5.71. The maximum Gasteiger partial charge on any atom is 0.0270 e. The number of aromatic nitrogens is 1. The number of thioether (sulfide) groups is 1. The zero-order chi connectivity index (χ0) is 11.1. The first-order valence-corrected chi connectivity index (χ1v) is 7.21. The van der Waals surface area contributed by atoms with E-state index in [-0.39, 0.29) is 0 Å². The summed E-state index contributed by atoms with van der Waals surface area (Å²) in [5.41, 5.74) is 1.37. The summed E-state index contributed by atoms with van der Waals surface area (Å²) in [7, 11) is 0. The monoisotopic (exact) mass is 236 g/mol. The third-order valence-corrected chi connectivity index (χ3v) is 4.38. The van der Waals surface area contributed by atoms with E-state index in [1.165, 1.54) is 37.1 Å². The van der Waals surface area contributed by atoms with Gasteiger partial charge in [-0.15, -0.1) is 0 Å². The molecule has 16 heavy (non-hydrogen) atoms. The maximum absolute atomic E-state index is 4.02. The Morgan fingerprint density at radius 3 is 2.94 bits per heavy atom. The molecule has 3 heteroatoms. The lowest BCUT2D eigenvalue weighted by atomic mass is 10.2. The van der Waals surface area contributed by atoms with Gasteiger partial charge in [-0.05, 0) is 49.3 Å². The van der Waals surface area contributed by atoms with E-state index in [4.69, 9.17) is 0 Å². The van der Waals surface area contributed by atoms with Gasteiger partial charge in [-0.25, -0.2) is 0 Å². The second kappa shape index (κ2) is 6.92. The molecule has 0 amide bonds. The number of nitrogens with one attached hydrogen (secondary N) is 1. The fraction of sp³-hybridized carbons (Fsp3) is 0.615. The summed E-state index contributed by atoms with van der Waals surface area (Å²) in [6, 6.07) is 4.19. The Bertz CT molecular complexity index is 283. The lowest BCUT2D eigenvalue weighted by molar-refractivity contribution is 0.598. The van der Waals surface area contributed by atoms with Crippen LogP contribution in [0.3, 0.4) is 0 Å². The third kappa shape index (κ3) is 4.14. The first kappa shape index (κ1) is 11.9. The topological polar surface area (TPSA) is 24.9 Å². The largest absolute Gasteiger partial charge is 0.315 e. The molecule has 0 radical (unpaired) electrons. The number of pyridine rings is 1. The quantitative estimate of drug-likeness (QED) is 0.795. The van der Waals surface area contributed by atoms with Crippen molar-refractivity contribution in [3.63, 3.8) is 0 Å². The molecule has 0 aliphatic carbocycles. The zero-order valence-electron chi connectivity index (χ0n) is 9.69. The fourth-order valence-electron chi connectivity index (χ4n) is 2.01. The molecule has 0 saturated carbocycles. The van der Waals surface area contributed by atoms with E-state index >= 15 is 0 Å². The normalized spacial score (nSPS) is 20.9. The molecular weight excluding hydrogens is 216 g/mol. The Morgan fingerprint density at radius 2 is 2.19 bits per heavy atom. The predicted molar refractivity (Wildman–Crippen MR) is 70.9 cm³/mol. The molecule has 2 nitrogen and oxygen atoms in total. The zero-order valence-corrected chi connectivity index (χ0v) is 10.5. The van der Waals surface area contributed by atoms with Crippen LogP contribution in [-0.2, 0) is 6.42 Å². The van der Waals surface area contributed by atoms with Crippen molar-refractivity contribution in [3.8, 4) is 0 Å². The standard InChI is InChI=1S/C13H20N2S/c1-2-10-16-13(3-1)11-15-9-6-12-4-7-14-8-5-12/h4-5,7-8,13,15H,1-3,6,9-11H2. The molecule has 1 aliphatic rings. The molecule has 88 valence electrons. The summed E-state index contributed by atoms with van der Waals surface area (Å²) in [6.45, 7) is 2.26. The van der Waals surface area contributed by atoms with E-state index in [1.807, 2.05) is 12.4 Å². The average molecular weight is 236 g/mol. The Balaban J connectivity index is 1.58. The number of nitrogens with zero attached hydrogens (tertiary/aromatic N) is 1. The minimum atomic E-state index is 0.853. The number of rotatable bonds is 5. The summed E-state index contributed by atoms with van der Waals surface area (Å²) < 4.78 is 0. The van der Waals surface area contributed by atoms with Gasteiger partial charge in [0.25, 0.3) is 0 Å². The smallest absolute Gasteiger partial charge is 0.0270 e. The Morgan fingerprint density at radius 1 is 1.31 bits per heavy atom. The highest BCUT2D eigenvalue weighted by atomic mass is 32.2. The molecule has 2 rings (SSSR count). The van der Waals surface area contributed by atoms with Crippen molar-refractivity contribution in [2.24, 2.45) is 0 Å². The van der Waals surface area contributed by atoms with Crippen LogP contribution in [0.1, 0.15) is 24.8 Å².